The van der Waals surface area contributed by atoms with Crippen LogP contribution in [0, 0.1) is 13.8 Å². The Morgan fingerprint density at radius 3 is 2.37 bits per heavy atom. The summed E-state index contributed by atoms with van der Waals surface area (Å²) in [4.78, 5) is 29.8. The van der Waals surface area contributed by atoms with Gasteiger partial charge in [0, 0.05) is 56.5 Å². The van der Waals surface area contributed by atoms with Crippen molar-refractivity contribution in [2.24, 2.45) is 0 Å². The highest BCUT2D eigenvalue weighted by Gasteiger charge is 2.24. The first-order chi connectivity index (χ1) is 17.1. The van der Waals surface area contributed by atoms with Gasteiger partial charge in [-0.1, -0.05) is 17.8 Å². The van der Waals surface area contributed by atoms with E-state index < -0.39 is 0 Å². The molecule has 1 saturated heterocycles. The van der Waals surface area contributed by atoms with Crippen LogP contribution in [0.1, 0.15) is 11.1 Å². The Morgan fingerprint density at radius 2 is 1.66 bits per heavy atom. The lowest BCUT2D eigenvalue weighted by molar-refractivity contribution is -0.128. The standard InChI is InChI=1S/C25H26N8OS/c1-18-4-5-21(16-19(18)2)33-23(20-6-10-26-11-7-20)29-30-25(33)35-17-22(34)31-12-14-32(15-13-31)24-27-8-3-9-28-24/h3-11,16H,12-15,17H2,1-2H3. The second-order valence-electron chi connectivity index (χ2n) is 8.35. The van der Waals surface area contributed by atoms with E-state index in [1.807, 2.05) is 21.6 Å². The number of aromatic nitrogens is 6. The number of hydrogen-bond donors (Lipinski definition) is 0. The summed E-state index contributed by atoms with van der Waals surface area (Å²) in [5.41, 5.74) is 4.29. The van der Waals surface area contributed by atoms with Crippen LogP contribution < -0.4 is 4.90 Å². The molecule has 0 saturated carbocycles. The molecule has 1 aliphatic heterocycles. The van der Waals surface area contributed by atoms with Gasteiger partial charge in [0.25, 0.3) is 0 Å². The van der Waals surface area contributed by atoms with Crippen LogP contribution in [0.3, 0.4) is 0 Å². The molecular weight excluding hydrogens is 460 g/mol. The molecule has 4 heterocycles. The normalized spacial score (nSPS) is 13.8. The lowest BCUT2D eigenvalue weighted by Crippen LogP contribution is -2.49. The molecule has 10 heteroatoms. The molecule has 1 aliphatic rings. The average molecular weight is 487 g/mol. The second-order valence-corrected chi connectivity index (χ2v) is 9.29. The van der Waals surface area contributed by atoms with Gasteiger partial charge in [-0.3, -0.25) is 14.3 Å². The fourth-order valence-corrected chi connectivity index (χ4v) is 4.83. The Morgan fingerprint density at radius 1 is 0.914 bits per heavy atom. The van der Waals surface area contributed by atoms with Gasteiger partial charge in [0.1, 0.15) is 0 Å². The van der Waals surface area contributed by atoms with Crippen LogP contribution in [0.25, 0.3) is 17.1 Å². The zero-order chi connectivity index (χ0) is 24.2. The summed E-state index contributed by atoms with van der Waals surface area (Å²) in [5.74, 6) is 1.81. The Hall–Kier alpha value is -3.79. The van der Waals surface area contributed by atoms with Gasteiger partial charge in [-0.25, -0.2) is 9.97 Å². The van der Waals surface area contributed by atoms with Crippen LogP contribution in [-0.2, 0) is 4.79 Å². The summed E-state index contributed by atoms with van der Waals surface area (Å²) < 4.78 is 2.02. The van der Waals surface area contributed by atoms with Gasteiger partial charge in [-0.2, -0.15) is 0 Å². The number of carbonyl (C=O) groups excluding carboxylic acids is 1. The SMILES string of the molecule is Cc1ccc(-n2c(SCC(=O)N3CCN(c4ncccn4)CC3)nnc2-c2ccncc2)cc1C. The van der Waals surface area contributed by atoms with Gasteiger partial charge in [0.15, 0.2) is 11.0 Å². The maximum atomic E-state index is 13.0. The first-order valence-electron chi connectivity index (χ1n) is 11.5. The number of piperazine rings is 1. The molecule has 0 radical (unpaired) electrons. The number of pyridine rings is 1. The summed E-state index contributed by atoms with van der Waals surface area (Å²) in [6.45, 7) is 6.89. The van der Waals surface area contributed by atoms with E-state index in [-0.39, 0.29) is 5.91 Å². The van der Waals surface area contributed by atoms with E-state index in [9.17, 15) is 4.79 Å². The van der Waals surface area contributed by atoms with Gasteiger partial charge >= 0.3 is 0 Å². The molecule has 1 amide bonds. The minimum Gasteiger partial charge on any atom is -0.338 e. The Balaban J connectivity index is 1.32. The zero-order valence-corrected chi connectivity index (χ0v) is 20.5. The van der Waals surface area contributed by atoms with E-state index in [0.29, 0.717) is 43.0 Å². The molecule has 0 bridgehead atoms. The Labute approximate surface area is 208 Å². The molecule has 4 aromatic rings. The summed E-state index contributed by atoms with van der Waals surface area (Å²) in [5, 5.41) is 9.60. The number of amides is 1. The van der Waals surface area contributed by atoms with Gasteiger partial charge in [-0.05, 0) is 55.3 Å². The van der Waals surface area contributed by atoms with Crippen LogP contribution in [0.5, 0.6) is 0 Å². The Kier molecular flexibility index (Phi) is 6.71. The highest BCUT2D eigenvalue weighted by molar-refractivity contribution is 7.99. The van der Waals surface area contributed by atoms with Crippen LogP contribution in [0.4, 0.5) is 5.95 Å². The van der Waals surface area contributed by atoms with Crippen molar-refractivity contribution in [3.63, 3.8) is 0 Å². The lowest BCUT2D eigenvalue weighted by Gasteiger charge is -2.34. The third kappa shape index (κ3) is 5.02. The van der Waals surface area contributed by atoms with Crippen LogP contribution in [0.15, 0.2) is 66.3 Å². The molecule has 1 fully saturated rings. The van der Waals surface area contributed by atoms with Gasteiger partial charge in [0.2, 0.25) is 11.9 Å². The first kappa shape index (κ1) is 23.0. The summed E-state index contributed by atoms with van der Waals surface area (Å²) >= 11 is 1.41. The largest absolute Gasteiger partial charge is 0.338 e. The summed E-state index contributed by atoms with van der Waals surface area (Å²) in [6, 6.07) is 11.9. The van der Waals surface area contributed by atoms with Gasteiger partial charge in [0.05, 0.1) is 11.4 Å². The quantitative estimate of drug-likeness (QED) is 0.384. The number of rotatable bonds is 6. The number of benzene rings is 1. The fraction of sp³-hybridized carbons (Fsp3) is 0.280. The van der Waals surface area contributed by atoms with Crippen molar-refractivity contribution in [1.82, 2.24) is 34.6 Å². The smallest absolute Gasteiger partial charge is 0.233 e. The summed E-state index contributed by atoms with van der Waals surface area (Å²) in [7, 11) is 0. The zero-order valence-electron chi connectivity index (χ0n) is 19.7. The molecular formula is C25H26N8OS. The Bertz CT molecular complexity index is 1300. The van der Waals surface area contributed by atoms with E-state index in [1.165, 1.54) is 22.9 Å². The van der Waals surface area contributed by atoms with Gasteiger partial charge < -0.3 is 9.80 Å². The van der Waals surface area contributed by atoms with E-state index in [4.69, 9.17) is 0 Å². The second kappa shape index (κ2) is 10.2. The topological polar surface area (TPSA) is 92.9 Å². The average Bonchev–Trinajstić information content (AvgIpc) is 3.34. The predicted octanol–water partition coefficient (Wildman–Crippen LogP) is 3.18. The van der Waals surface area contributed by atoms with E-state index in [2.05, 4.69) is 62.1 Å². The molecule has 3 aromatic heterocycles. The highest BCUT2D eigenvalue weighted by atomic mass is 32.2. The highest BCUT2D eigenvalue weighted by Crippen LogP contribution is 2.29. The maximum Gasteiger partial charge on any atom is 0.233 e. The van der Waals surface area contributed by atoms with Crippen molar-refractivity contribution in [3.05, 3.63) is 72.3 Å². The first-order valence-corrected chi connectivity index (χ1v) is 12.4. The molecule has 0 N–H and O–H groups in total. The minimum absolute atomic E-state index is 0.0868. The molecule has 0 unspecified atom stereocenters. The third-order valence-electron chi connectivity index (χ3n) is 6.11. The van der Waals surface area contributed by atoms with E-state index in [0.717, 1.165) is 17.1 Å². The van der Waals surface area contributed by atoms with Crippen molar-refractivity contribution in [1.29, 1.82) is 0 Å². The number of carbonyl (C=O) groups is 1. The molecule has 1 aromatic carbocycles. The van der Waals surface area contributed by atoms with E-state index in [1.54, 1.807) is 30.9 Å². The lowest BCUT2D eigenvalue weighted by atomic mass is 10.1. The molecule has 0 aliphatic carbocycles. The molecule has 0 spiro atoms. The van der Waals surface area contributed by atoms with Crippen molar-refractivity contribution in [2.75, 3.05) is 36.8 Å². The van der Waals surface area contributed by atoms with Crippen molar-refractivity contribution < 1.29 is 4.79 Å². The third-order valence-corrected chi connectivity index (χ3v) is 7.03. The van der Waals surface area contributed by atoms with Crippen molar-refractivity contribution in [3.8, 4) is 17.1 Å². The number of thioether (sulfide) groups is 1. The van der Waals surface area contributed by atoms with E-state index >= 15 is 0 Å². The maximum absolute atomic E-state index is 13.0. The van der Waals surface area contributed by atoms with Crippen molar-refractivity contribution >= 4 is 23.6 Å². The van der Waals surface area contributed by atoms with Crippen LogP contribution in [-0.4, -0.2) is 72.5 Å². The number of hydrogen-bond acceptors (Lipinski definition) is 8. The monoisotopic (exact) mass is 486 g/mol. The summed E-state index contributed by atoms with van der Waals surface area (Å²) in [6.07, 6.45) is 6.96. The molecule has 0 atom stereocenters. The minimum atomic E-state index is 0.0868. The number of anilines is 1. The molecule has 5 rings (SSSR count). The van der Waals surface area contributed by atoms with Crippen LogP contribution >= 0.6 is 11.8 Å². The number of nitrogens with zero attached hydrogens (tertiary/aromatic N) is 8. The fourth-order valence-electron chi connectivity index (χ4n) is 3.98. The molecule has 9 nitrogen and oxygen atoms in total. The number of aryl methyl sites for hydroxylation is 2. The van der Waals surface area contributed by atoms with Crippen LogP contribution in [0.2, 0.25) is 0 Å². The molecule has 178 valence electrons. The predicted molar refractivity (Wildman–Crippen MR) is 136 cm³/mol. The molecule has 35 heavy (non-hydrogen) atoms. The van der Waals surface area contributed by atoms with Gasteiger partial charge in [-0.15, -0.1) is 10.2 Å². The van der Waals surface area contributed by atoms with Crippen molar-refractivity contribution in [2.45, 2.75) is 19.0 Å².